The average molecular weight is 240 g/mol. The Morgan fingerprint density at radius 1 is 1.69 bits per heavy atom. The third kappa shape index (κ3) is 2.16. The highest BCUT2D eigenvalue weighted by Crippen LogP contribution is 2.22. The van der Waals surface area contributed by atoms with Gasteiger partial charge in [0.15, 0.2) is 16.6 Å². The van der Waals surface area contributed by atoms with Gasteiger partial charge in [-0.15, -0.1) is 11.3 Å². The van der Waals surface area contributed by atoms with Gasteiger partial charge in [0, 0.05) is 4.88 Å². The SMILES string of the molecule is Cc1sc(NCc2ncon2)nc1C(=O)O. The normalized spacial score (nSPS) is 10.3. The van der Waals surface area contributed by atoms with Gasteiger partial charge >= 0.3 is 5.97 Å². The van der Waals surface area contributed by atoms with Gasteiger partial charge in [0.25, 0.3) is 0 Å². The monoisotopic (exact) mass is 240 g/mol. The van der Waals surface area contributed by atoms with Crippen LogP contribution in [0.1, 0.15) is 21.2 Å². The highest BCUT2D eigenvalue weighted by molar-refractivity contribution is 7.15. The minimum atomic E-state index is -1.03. The van der Waals surface area contributed by atoms with Crippen LogP contribution in [-0.4, -0.2) is 26.2 Å². The molecule has 0 fully saturated rings. The van der Waals surface area contributed by atoms with E-state index in [2.05, 4.69) is 25.0 Å². The maximum atomic E-state index is 10.7. The van der Waals surface area contributed by atoms with E-state index in [1.54, 1.807) is 6.92 Å². The molecule has 2 N–H and O–H groups in total. The number of carbonyl (C=O) groups is 1. The summed E-state index contributed by atoms with van der Waals surface area (Å²) >= 11 is 1.28. The van der Waals surface area contributed by atoms with Crippen LogP contribution in [-0.2, 0) is 6.54 Å². The van der Waals surface area contributed by atoms with E-state index in [0.29, 0.717) is 22.4 Å². The first-order valence-corrected chi connectivity index (χ1v) is 5.18. The predicted molar refractivity (Wildman–Crippen MR) is 55.4 cm³/mol. The van der Waals surface area contributed by atoms with Crippen molar-refractivity contribution in [2.75, 3.05) is 5.32 Å². The Morgan fingerprint density at radius 3 is 3.06 bits per heavy atom. The van der Waals surface area contributed by atoms with Crippen molar-refractivity contribution in [2.45, 2.75) is 13.5 Å². The first-order chi connectivity index (χ1) is 7.66. The summed E-state index contributed by atoms with van der Waals surface area (Å²) in [5.74, 6) is -0.536. The molecule has 16 heavy (non-hydrogen) atoms. The molecule has 0 amide bonds. The molecule has 7 nitrogen and oxygen atoms in total. The summed E-state index contributed by atoms with van der Waals surface area (Å²) in [6.07, 6.45) is 1.23. The fraction of sp³-hybridized carbons (Fsp3) is 0.250. The number of aromatic carboxylic acids is 1. The lowest BCUT2D eigenvalue weighted by Gasteiger charge is -1.95. The van der Waals surface area contributed by atoms with Gasteiger partial charge in [-0.25, -0.2) is 9.78 Å². The number of aryl methyl sites for hydroxylation is 1. The van der Waals surface area contributed by atoms with E-state index < -0.39 is 5.97 Å². The molecule has 0 spiro atoms. The fourth-order valence-corrected chi connectivity index (χ4v) is 1.90. The number of rotatable bonds is 4. The number of hydrogen-bond acceptors (Lipinski definition) is 7. The molecule has 0 unspecified atom stereocenters. The van der Waals surface area contributed by atoms with Crippen molar-refractivity contribution in [1.82, 2.24) is 15.1 Å². The van der Waals surface area contributed by atoms with Crippen molar-refractivity contribution < 1.29 is 14.4 Å². The van der Waals surface area contributed by atoms with Gasteiger partial charge in [0.2, 0.25) is 6.39 Å². The Balaban J connectivity index is 2.05. The number of hydrogen-bond donors (Lipinski definition) is 2. The zero-order valence-corrected chi connectivity index (χ0v) is 9.11. The second kappa shape index (κ2) is 4.27. The minimum absolute atomic E-state index is 0.0700. The van der Waals surface area contributed by atoms with E-state index in [4.69, 9.17) is 5.11 Å². The summed E-state index contributed by atoms with van der Waals surface area (Å²) in [5.41, 5.74) is 0.0700. The van der Waals surface area contributed by atoms with Crippen LogP contribution in [0.15, 0.2) is 10.9 Å². The van der Waals surface area contributed by atoms with Crippen LogP contribution in [0.25, 0.3) is 0 Å². The largest absolute Gasteiger partial charge is 0.476 e. The molecule has 0 aliphatic heterocycles. The number of nitrogens with zero attached hydrogens (tertiary/aromatic N) is 3. The lowest BCUT2D eigenvalue weighted by Crippen LogP contribution is -2.02. The first-order valence-electron chi connectivity index (χ1n) is 4.36. The van der Waals surface area contributed by atoms with Crippen molar-refractivity contribution in [3.05, 3.63) is 22.8 Å². The molecule has 0 aromatic carbocycles. The third-order valence-electron chi connectivity index (χ3n) is 1.80. The van der Waals surface area contributed by atoms with Gasteiger partial charge in [0.05, 0.1) is 6.54 Å². The lowest BCUT2D eigenvalue weighted by atomic mass is 10.4. The molecule has 2 heterocycles. The fourth-order valence-electron chi connectivity index (χ4n) is 1.10. The van der Waals surface area contributed by atoms with Gasteiger partial charge < -0.3 is 14.9 Å². The highest BCUT2D eigenvalue weighted by Gasteiger charge is 2.13. The van der Waals surface area contributed by atoms with Crippen LogP contribution in [0, 0.1) is 6.92 Å². The summed E-state index contributed by atoms with van der Waals surface area (Å²) in [6.45, 7) is 2.06. The zero-order chi connectivity index (χ0) is 11.5. The molecule has 0 saturated heterocycles. The molecule has 2 rings (SSSR count). The van der Waals surface area contributed by atoms with Crippen molar-refractivity contribution >= 4 is 22.4 Å². The molecule has 84 valence electrons. The lowest BCUT2D eigenvalue weighted by molar-refractivity contribution is 0.0690. The molecular weight excluding hydrogens is 232 g/mol. The Morgan fingerprint density at radius 2 is 2.50 bits per heavy atom. The van der Waals surface area contributed by atoms with Crippen LogP contribution in [0.3, 0.4) is 0 Å². The molecule has 0 aliphatic carbocycles. The smallest absolute Gasteiger partial charge is 0.355 e. The third-order valence-corrected chi connectivity index (χ3v) is 2.73. The first kappa shape index (κ1) is 10.6. The van der Waals surface area contributed by atoms with E-state index in [1.807, 2.05) is 0 Å². The Labute approximate surface area is 94.1 Å². The van der Waals surface area contributed by atoms with Gasteiger partial charge in [-0.3, -0.25) is 0 Å². The van der Waals surface area contributed by atoms with E-state index in [0.717, 1.165) is 0 Å². The average Bonchev–Trinajstić information content (AvgIpc) is 2.83. The predicted octanol–water partition coefficient (Wildman–Crippen LogP) is 1.14. The van der Waals surface area contributed by atoms with E-state index >= 15 is 0 Å². The molecule has 0 saturated carbocycles. The van der Waals surface area contributed by atoms with Crippen molar-refractivity contribution in [3.63, 3.8) is 0 Å². The zero-order valence-electron chi connectivity index (χ0n) is 8.30. The Bertz CT molecular complexity index is 493. The summed E-state index contributed by atoms with van der Waals surface area (Å²) in [4.78, 5) is 19.1. The standard InChI is InChI=1S/C8H8N4O3S/c1-4-6(7(13)14)11-8(16-4)9-2-5-10-3-15-12-5/h3H,2H2,1H3,(H,9,11)(H,13,14). The summed E-state index contributed by atoms with van der Waals surface area (Å²) in [5, 5.41) is 15.9. The molecule has 0 radical (unpaired) electrons. The summed E-state index contributed by atoms with van der Waals surface area (Å²) in [6, 6.07) is 0. The van der Waals surface area contributed by atoms with Crippen LogP contribution < -0.4 is 5.32 Å². The van der Waals surface area contributed by atoms with Crippen molar-refractivity contribution in [3.8, 4) is 0 Å². The Kier molecular flexibility index (Phi) is 2.82. The van der Waals surface area contributed by atoms with Crippen molar-refractivity contribution in [2.24, 2.45) is 0 Å². The number of carboxylic acid groups (broad SMARTS) is 1. The molecule has 2 aromatic rings. The molecule has 8 heteroatoms. The quantitative estimate of drug-likeness (QED) is 0.826. The van der Waals surface area contributed by atoms with E-state index in [-0.39, 0.29) is 5.69 Å². The minimum Gasteiger partial charge on any atom is -0.476 e. The second-order valence-corrected chi connectivity index (χ2v) is 4.13. The molecule has 2 aromatic heterocycles. The van der Waals surface area contributed by atoms with Gasteiger partial charge in [-0.1, -0.05) is 5.16 Å². The van der Waals surface area contributed by atoms with E-state index in [1.165, 1.54) is 17.7 Å². The number of aromatic nitrogens is 3. The van der Waals surface area contributed by atoms with Gasteiger partial charge in [0.1, 0.15) is 0 Å². The van der Waals surface area contributed by atoms with Gasteiger partial charge in [-0.2, -0.15) is 4.98 Å². The molecule has 0 aliphatic rings. The van der Waals surface area contributed by atoms with Crippen LogP contribution in [0.4, 0.5) is 5.13 Å². The van der Waals surface area contributed by atoms with Crippen LogP contribution in [0.5, 0.6) is 0 Å². The maximum absolute atomic E-state index is 10.7. The van der Waals surface area contributed by atoms with E-state index in [9.17, 15) is 4.79 Å². The van der Waals surface area contributed by atoms with Gasteiger partial charge in [-0.05, 0) is 6.92 Å². The molecular formula is C8H8N4O3S. The number of anilines is 1. The van der Waals surface area contributed by atoms with Crippen LogP contribution >= 0.6 is 11.3 Å². The summed E-state index contributed by atoms with van der Waals surface area (Å²) < 4.78 is 4.56. The highest BCUT2D eigenvalue weighted by atomic mass is 32.1. The number of thiazole rings is 1. The summed E-state index contributed by atoms with van der Waals surface area (Å²) in [7, 11) is 0. The number of nitrogens with one attached hydrogen (secondary N) is 1. The second-order valence-electron chi connectivity index (χ2n) is 2.93. The molecule has 0 atom stereocenters. The van der Waals surface area contributed by atoms with Crippen LogP contribution in [0.2, 0.25) is 0 Å². The molecule has 0 bridgehead atoms. The Hall–Kier alpha value is -1.96. The number of carboxylic acids is 1. The topological polar surface area (TPSA) is 101 Å². The maximum Gasteiger partial charge on any atom is 0.355 e. The van der Waals surface area contributed by atoms with Crippen molar-refractivity contribution in [1.29, 1.82) is 0 Å².